The lowest BCUT2D eigenvalue weighted by atomic mass is 9.70. The van der Waals surface area contributed by atoms with E-state index in [4.69, 9.17) is 16.6 Å². The molecular weight excluding hydrogens is 516 g/mol. The van der Waals surface area contributed by atoms with Crippen molar-refractivity contribution in [2.45, 2.75) is 62.3 Å². The lowest BCUT2D eigenvalue weighted by Crippen LogP contribution is -2.47. The number of benzene rings is 2. The lowest BCUT2D eigenvalue weighted by molar-refractivity contribution is -0.123. The molecule has 0 atom stereocenters. The first kappa shape index (κ1) is 28.1. The van der Waals surface area contributed by atoms with E-state index in [0.717, 1.165) is 49.0 Å². The fourth-order valence-electron chi connectivity index (χ4n) is 4.96. The zero-order valence-corrected chi connectivity index (χ0v) is 23.7. The smallest absolute Gasteiger partial charge is 0.251 e. The minimum absolute atomic E-state index is 0.0449. The molecule has 1 N–H and O–H groups in total. The van der Waals surface area contributed by atoms with Crippen molar-refractivity contribution in [1.29, 1.82) is 0 Å². The summed E-state index contributed by atoms with van der Waals surface area (Å²) in [6.45, 7) is 5.96. The molecule has 38 heavy (non-hydrogen) atoms. The molecule has 0 aliphatic carbocycles. The Kier molecular flexibility index (Phi) is 9.80. The SMILES string of the molecule is CCCCCNC(=O)c1cccc(CSc2nc(Cl)cc(N3CCC(C(C)=O)(c4ccccc4)CC3)n2)c1. The van der Waals surface area contributed by atoms with Crippen LogP contribution in [0.5, 0.6) is 0 Å². The Hall–Kier alpha value is -2.90. The van der Waals surface area contributed by atoms with Crippen LogP contribution in [0.15, 0.2) is 65.8 Å². The van der Waals surface area contributed by atoms with E-state index in [9.17, 15) is 9.59 Å². The lowest BCUT2D eigenvalue weighted by Gasteiger charge is -2.41. The molecule has 200 valence electrons. The van der Waals surface area contributed by atoms with Crippen LogP contribution < -0.4 is 10.2 Å². The fraction of sp³-hybridized carbons (Fsp3) is 0.400. The van der Waals surface area contributed by atoms with Gasteiger partial charge in [0.2, 0.25) is 0 Å². The molecule has 2 heterocycles. The van der Waals surface area contributed by atoms with Crippen molar-refractivity contribution < 1.29 is 9.59 Å². The molecule has 1 aliphatic heterocycles. The van der Waals surface area contributed by atoms with Crippen LogP contribution in [0.4, 0.5) is 5.82 Å². The Balaban J connectivity index is 1.39. The van der Waals surface area contributed by atoms with Gasteiger partial charge in [-0.1, -0.05) is 85.6 Å². The predicted octanol–water partition coefficient (Wildman–Crippen LogP) is 6.47. The summed E-state index contributed by atoms with van der Waals surface area (Å²) < 4.78 is 0. The zero-order chi connectivity index (χ0) is 27.0. The van der Waals surface area contributed by atoms with Gasteiger partial charge in [0.15, 0.2) is 5.16 Å². The van der Waals surface area contributed by atoms with Gasteiger partial charge in [-0.15, -0.1) is 0 Å². The van der Waals surface area contributed by atoms with Crippen LogP contribution in [0.3, 0.4) is 0 Å². The highest BCUT2D eigenvalue weighted by molar-refractivity contribution is 7.98. The quantitative estimate of drug-likeness (QED) is 0.128. The minimum Gasteiger partial charge on any atom is -0.356 e. The van der Waals surface area contributed by atoms with Gasteiger partial charge in [0.25, 0.3) is 5.91 Å². The van der Waals surface area contributed by atoms with E-state index >= 15 is 0 Å². The second-order valence-corrected chi connectivity index (χ2v) is 11.1. The fourth-order valence-corrected chi connectivity index (χ4v) is 5.98. The number of hydrogen-bond donors (Lipinski definition) is 1. The van der Waals surface area contributed by atoms with Gasteiger partial charge >= 0.3 is 0 Å². The summed E-state index contributed by atoms with van der Waals surface area (Å²) in [6, 6.07) is 19.5. The minimum atomic E-state index is -0.459. The van der Waals surface area contributed by atoms with Crippen molar-refractivity contribution in [3.63, 3.8) is 0 Å². The number of anilines is 1. The first-order valence-electron chi connectivity index (χ1n) is 13.3. The van der Waals surface area contributed by atoms with Gasteiger partial charge in [0, 0.05) is 37.0 Å². The van der Waals surface area contributed by atoms with Crippen LogP contribution in [0, 0.1) is 0 Å². The van der Waals surface area contributed by atoms with E-state index in [-0.39, 0.29) is 11.7 Å². The first-order valence-corrected chi connectivity index (χ1v) is 14.6. The zero-order valence-electron chi connectivity index (χ0n) is 22.1. The van der Waals surface area contributed by atoms with Gasteiger partial charge in [0.1, 0.15) is 16.8 Å². The third-order valence-corrected chi connectivity index (χ3v) is 8.34. The number of unbranched alkanes of at least 4 members (excludes halogenated alkanes) is 2. The highest BCUT2D eigenvalue weighted by atomic mass is 35.5. The summed E-state index contributed by atoms with van der Waals surface area (Å²) in [7, 11) is 0. The number of rotatable bonds is 11. The predicted molar refractivity (Wildman–Crippen MR) is 155 cm³/mol. The van der Waals surface area contributed by atoms with Crippen molar-refractivity contribution in [2.75, 3.05) is 24.5 Å². The normalized spacial score (nSPS) is 14.8. The van der Waals surface area contributed by atoms with Gasteiger partial charge in [-0.3, -0.25) is 9.59 Å². The van der Waals surface area contributed by atoms with E-state index in [0.29, 0.717) is 41.3 Å². The summed E-state index contributed by atoms with van der Waals surface area (Å²) in [6.07, 6.45) is 4.68. The number of halogens is 1. The van der Waals surface area contributed by atoms with Crippen LogP contribution in [-0.4, -0.2) is 41.3 Å². The van der Waals surface area contributed by atoms with E-state index in [1.165, 1.54) is 11.8 Å². The second kappa shape index (κ2) is 13.3. The molecule has 0 spiro atoms. The highest BCUT2D eigenvalue weighted by Gasteiger charge is 2.40. The third kappa shape index (κ3) is 6.94. The van der Waals surface area contributed by atoms with Gasteiger partial charge in [-0.2, -0.15) is 0 Å². The summed E-state index contributed by atoms with van der Waals surface area (Å²) in [5.74, 6) is 1.56. The van der Waals surface area contributed by atoms with Crippen molar-refractivity contribution >= 4 is 40.9 Å². The van der Waals surface area contributed by atoms with Gasteiger partial charge in [0.05, 0.1) is 5.41 Å². The van der Waals surface area contributed by atoms with Crippen LogP contribution in [0.25, 0.3) is 0 Å². The molecule has 0 radical (unpaired) electrons. The highest BCUT2D eigenvalue weighted by Crippen LogP contribution is 2.38. The maximum atomic E-state index is 12.7. The Morgan fingerprint density at radius 2 is 1.79 bits per heavy atom. The van der Waals surface area contributed by atoms with E-state index < -0.39 is 5.41 Å². The molecule has 1 saturated heterocycles. The summed E-state index contributed by atoms with van der Waals surface area (Å²) in [4.78, 5) is 36.6. The molecule has 1 fully saturated rings. The molecule has 2 aromatic carbocycles. The van der Waals surface area contributed by atoms with Crippen LogP contribution >= 0.6 is 23.4 Å². The summed E-state index contributed by atoms with van der Waals surface area (Å²) >= 11 is 7.89. The molecule has 1 aliphatic rings. The van der Waals surface area contributed by atoms with Crippen LogP contribution in [-0.2, 0) is 16.0 Å². The second-order valence-electron chi connectivity index (χ2n) is 9.77. The van der Waals surface area contributed by atoms with Gasteiger partial charge < -0.3 is 10.2 Å². The maximum Gasteiger partial charge on any atom is 0.251 e. The van der Waals surface area contributed by atoms with Crippen molar-refractivity contribution in [3.8, 4) is 0 Å². The van der Waals surface area contributed by atoms with E-state index in [1.807, 2.05) is 42.5 Å². The molecular formula is C30H35ClN4O2S. The summed E-state index contributed by atoms with van der Waals surface area (Å²) in [5, 5.41) is 3.98. The number of amides is 1. The molecule has 4 rings (SSSR count). The van der Waals surface area contributed by atoms with Crippen molar-refractivity contribution in [2.24, 2.45) is 0 Å². The maximum absolute atomic E-state index is 12.7. The number of hydrogen-bond acceptors (Lipinski definition) is 6. The molecule has 8 heteroatoms. The molecule has 0 bridgehead atoms. The van der Waals surface area contributed by atoms with Crippen molar-refractivity contribution in [3.05, 3.63) is 82.5 Å². The Morgan fingerprint density at radius 3 is 2.50 bits per heavy atom. The number of aromatic nitrogens is 2. The number of carbonyl (C=O) groups is 2. The van der Waals surface area contributed by atoms with Crippen LogP contribution in [0.1, 0.15) is 67.4 Å². The van der Waals surface area contributed by atoms with Crippen LogP contribution in [0.2, 0.25) is 5.15 Å². The number of piperidine rings is 1. The van der Waals surface area contributed by atoms with E-state index in [2.05, 4.69) is 34.3 Å². The first-order chi connectivity index (χ1) is 18.4. The Morgan fingerprint density at radius 1 is 1.03 bits per heavy atom. The average molecular weight is 551 g/mol. The molecule has 0 unspecified atom stereocenters. The topological polar surface area (TPSA) is 75.2 Å². The molecule has 6 nitrogen and oxygen atoms in total. The Bertz CT molecular complexity index is 1250. The number of nitrogens with one attached hydrogen (secondary N) is 1. The van der Waals surface area contributed by atoms with Gasteiger partial charge in [-0.05, 0) is 49.4 Å². The third-order valence-electron chi connectivity index (χ3n) is 7.23. The monoisotopic (exact) mass is 550 g/mol. The number of nitrogens with zero attached hydrogens (tertiary/aromatic N) is 3. The van der Waals surface area contributed by atoms with Gasteiger partial charge in [-0.25, -0.2) is 9.97 Å². The average Bonchev–Trinajstić information content (AvgIpc) is 2.94. The van der Waals surface area contributed by atoms with Crippen molar-refractivity contribution in [1.82, 2.24) is 15.3 Å². The largest absolute Gasteiger partial charge is 0.356 e. The number of thioether (sulfide) groups is 1. The molecule has 3 aromatic rings. The van der Waals surface area contributed by atoms with E-state index in [1.54, 1.807) is 13.0 Å². The number of Topliss-reactive ketones (excluding diaryl/α,β-unsaturated/α-hetero) is 1. The number of carbonyl (C=O) groups excluding carboxylic acids is 2. The molecule has 1 amide bonds. The molecule has 0 saturated carbocycles. The number of ketones is 1. The summed E-state index contributed by atoms with van der Waals surface area (Å²) in [5.41, 5.74) is 2.31. The molecule has 1 aromatic heterocycles. The Labute approximate surface area is 234 Å². The standard InChI is InChI=1S/C30H35ClN4O2S/c1-3-4-8-16-32-28(37)24-11-9-10-23(19-24)21-38-29-33-26(31)20-27(34-29)35-17-14-30(15-18-35,22(2)36)25-12-6-5-7-13-25/h5-7,9-13,19-20H,3-4,8,14-18,21H2,1-2H3,(H,32,37).